The first-order valence-electron chi connectivity index (χ1n) is 6.05. The molecule has 2 aliphatic rings. The zero-order chi connectivity index (χ0) is 9.15. The maximum absolute atomic E-state index is 3.52. The van der Waals surface area contributed by atoms with Crippen LogP contribution in [0.1, 0.15) is 51.9 Å². The van der Waals surface area contributed by atoms with E-state index < -0.39 is 0 Å². The van der Waals surface area contributed by atoms with Crippen LogP contribution in [0.3, 0.4) is 0 Å². The lowest BCUT2D eigenvalue weighted by Crippen LogP contribution is -2.25. The highest BCUT2D eigenvalue weighted by atomic mass is 14.9. The summed E-state index contributed by atoms with van der Waals surface area (Å²) in [5, 5.41) is 3.52. The molecule has 1 heteroatoms. The van der Waals surface area contributed by atoms with Gasteiger partial charge in [0, 0.05) is 6.54 Å². The first-order valence-corrected chi connectivity index (χ1v) is 6.05. The van der Waals surface area contributed by atoms with Crippen LogP contribution in [0.4, 0.5) is 0 Å². The monoisotopic (exact) mass is 181 g/mol. The largest absolute Gasteiger partial charge is 0.316 e. The van der Waals surface area contributed by atoms with E-state index in [-0.39, 0.29) is 0 Å². The molecule has 2 saturated carbocycles. The highest BCUT2D eigenvalue weighted by Crippen LogP contribution is 2.52. The molecule has 0 aromatic heterocycles. The van der Waals surface area contributed by atoms with Gasteiger partial charge in [-0.2, -0.15) is 0 Å². The van der Waals surface area contributed by atoms with Crippen molar-refractivity contribution >= 4 is 0 Å². The summed E-state index contributed by atoms with van der Waals surface area (Å²) in [6, 6.07) is 0. The second kappa shape index (κ2) is 4.00. The fourth-order valence-electron chi connectivity index (χ4n) is 2.85. The van der Waals surface area contributed by atoms with Crippen molar-refractivity contribution in [2.45, 2.75) is 51.9 Å². The third kappa shape index (κ3) is 2.46. The summed E-state index contributed by atoms with van der Waals surface area (Å²) in [4.78, 5) is 0. The minimum absolute atomic E-state index is 0.755. The Labute approximate surface area is 82.3 Å². The van der Waals surface area contributed by atoms with Crippen LogP contribution in [-0.2, 0) is 0 Å². The topological polar surface area (TPSA) is 12.0 Å². The highest BCUT2D eigenvalue weighted by molar-refractivity contribution is 4.96. The van der Waals surface area contributed by atoms with Gasteiger partial charge in [0.25, 0.3) is 0 Å². The molecule has 0 heterocycles. The lowest BCUT2D eigenvalue weighted by molar-refractivity contribution is 0.342. The summed E-state index contributed by atoms with van der Waals surface area (Å²) in [6.45, 7) is 4.65. The third-order valence-corrected chi connectivity index (χ3v) is 3.90. The van der Waals surface area contributed by atoms with E-state index in [2.05, 4.69) is 12.2 Å². The van der Waals surface area contributed by atoms with E-state index in [0.29, 0.717) is 0 Å². The molecular formula is C12H23N. The van der Waals surface area contributed by atoms with E-state index in [0.717, 1.165) is 17.9 Å². The van der Waals surface area contributed by atoms with Gasteiger partial charge in [0.05, 0.1) is 0 Å². The van der Waals surface area contributed by atoms with E-state index in [1.54, 1.807) is 0 Å². The Morgan fingerprint density at radius 2 is 1.92 bits per heavy atom. The molecule has 0 aliphatic heterocycles. The van der Waals surface area contributed by atoms with Crippen LogP contribution < -0.4 is 5.32 Å². The lowest BCUT2D eigenvalue weighted by Gasteiger charge is -2.19. The van der Waals surface area contributed by atoms with Gasteiger partial charge in [-0.1, -0.05) is 32.6 Å². The summed E-state index contributed by atoms with van der Waals surface area (Å²) < 4.78 is 0. The molecule has 0 aromatic carbocycles. The van der Waals surface area contributed by atoms with E-state index in [9.17, 15) is 0 Å². The molecule has 0 amide bonds. The minimum Gasteiger partial charge on any atom is -0.316 e. The molecule has 76 valence electrons. The Morgan fingerprint density at radius 3 is 2.46 bits per heavy atom. The fraction of sp³-hybridized carbons (Fsp3) is 1.00. The van der Waals surface area contributed by atoms with Gasteiger partial charge in [-0.05, 0) is 37.1 Å². The summed E-state index contributed by atoms with van der Waals surface area (Å²) in [7, 11) is 0. The highest BCUT2D eigenvalue weighted by Gasteiger charge is 2.43. The second-order valence-corrected chi connectivity index (χ2v) is 5.13. The predicted molar refractivity (Wildman–Crippen MR) is 56.8 cm³/mol. The standard InChI is InChI=1S/C12H23N/c1-2-13-10-12(7-8-12)9-11-5-3-4-6-11/h11,13H,2-10H2,1H3. The van der Waals surface area contributed by atoms with Crippen LogP contribution in [-0.4, -0.2) is 13.1 Å². The van der Waals surface area contributed by atoms with Gasteiger partial charge in [-0.3, -0.25) is 0 Å². The molecule has 0 radical (unpaired) electrons. The number of nitrogens with one attached hydrogen (secondary N) is 1. The van der Waals surface area contributed by atoms with E-state index >= 15 is 0 Å². The lowest BCUT2D eigenvalue weighted by atomic mass is 9.91. The van der Waals surface area contributed by atoms with Crippen molar-refractivity contribution < 1.29 is 0 Å². The molecule has 0 saturated heterocycles. The van der Waals surface area contributed by atoms with Crippen molar-refractivity contribution in [1.29, 1.82) is 0 Å². The first-order chi connectivity index (χ1) is 6.35. The molecular weight excluding hydrogens is 158 g/mol. The van der Waals surface area contributed by atoms with Crippen LogP contribution in [0.5, 0.6) is 0 Å². The SMILES string of the molecule is CCNCC1(CC2CCCC2)CC1. The molecule has 0 aromatic rings. The van der Waals surface area contributed by atoms with Crippen molar-refractivity contribution in [3.63, 3.8) is 0 Å². The normalized spacial score (nSPS) is 26.5. The Bertz CT molecular complexity index is 155. The smallest absolute Gasteiger partial charge is 0.000780 e. The Kier molecular flexibility index (Phi) is 2.92. The van der Waals surface area contributed by atoms with Gasteiger partial charge in [-0.15, -0.1) is 0 Å². The molecule has 0 bridgehead atoms. The Hall–Kier alpha value is -0.0400. The summed E-state index contributed by atoms with van der Waals surface area (Å²) >= 11 is 0. The summed E-state index contributed by atoms with van der Waals surface area (Å²) in [6.07, 6.45) is 10.6. The maximum atomic E-state index is 3.52. The second-order valence-electron chi connectivity index (χ2n) is 5.13. The fourth-order valence-corrected chi connectivity index (χ4v) is 2.85. The zero-order valence-corrected chi connectivity index (χ0v) is 8.94. The average Bonchev–Trinajstić information content (AvgIpc) is 2.69. The van der Waals surface area contributed by atoms with Crippen molar-refractivity contribution in [3.8, 4) is 0 Å². The zero-order valence-electron chi connectivity index (χ0n) is 8.94. The Morgan fingerprint density at radius 1 is 1.23 bits per heavy atom. The first kappa shape index (κ1) is 9.51. The summed E-state index contributed by atoms with van der Waals surface area (Å²) in [5.74, 6) is 1.08. The van der Waals surface area contributed by atoms with Crippen LogP contribution >= 0.6 is 0 Å². The van der Waals surface area contributed by atoms with E-state index in [1.165, 1.54) is 51.5 Å². The minimum atomic E-state index is 0.755. The number of hydrogen-bond donors (Lipinski definition) is 1. The molecule has 2 aliphatic carbocycles. The van der Waals surface area contributed by atoms with E-state index in [4.69, 9.17) is 0 Å². The Balaban J connectivity index is 1.72. The van der Waals surface area contributed by atoms with Gasteiger partial charge in [0.2, 0.25) is 0 Å². The molecule has 1 N–H and O–H groups in total. The quantitative estimate of drug-likeness (QED) is 0.687. The molecule has 0 unspecified atom stereocenters. The van der Waals surface area contributed by atoms with E-state index in [1.807, 2.05) is 0 Å². The predicted octanol–water partition coefficient (Wildman–Crippen LogP) is 2.96. The van der Waals surface area contributed by atoms with Crippen LogP contribution in [0.25, 0.3) is 0 Å². The van der Waals surface area contributed by atoms with Crippen LogP contribution in [0, 0.1) is 11.3 Å². The average molecular weight is 181 g/mol. The van der Waals surface area contributed by atoms with Gasteiger partial charge >= 0.3 is 0 Å². The molecule has 2 rings (SSSR count). The third-order valence-electron chi connectivity index (χ3n) is 3.90. The van der Waals surface area contributed by atoms with Crippen LogP contribution in [0.2, 0.25) is 0 Å². The van der Waals surface area contributed by atoms with Crippen molar-refractivity contribution in [1.82, 2.24) is 5.32 Å². The van der Waals surface area contributed by atoms with Crippen molar-refractivity contribution in [2.75, 3.05) is 13.1 Å². The van der Waals surface area contributed by atoms with Crippen molar-refractivity contribution in [2.24, 2.45) is 11.3 Å². The molecule has 2 fully saturated rings. The summed E-state index contributed by atoms with van der Waals surface area (Å²) in [5.41, 5.74) is 0.755. The van der Waals surface area contributed by atoms with Crippen molar-refractivity contribution in [3.05, 3.63) is 0 Å². The molecule has 13 heavy (non-hydrogen) atoms. The molecule has 1 nitrogen and oxygen atoms in total. The maximum Gasteiger partial charge on any atom is 0.000780 e. The molecule has 0 spiro atoms. The van der Waals surface area contributed by atoms with Gasteiger partial charge < -0.3 is 5.32 Å². The van der Waals surface area contributed by atoms with Gasteiger partial charge in [0.1, 0.15) is 0 Å². The van der Waals surface area contributed by atoms with Crippen LogP contribution in [0.15, 0.2) is 0 Å². The van der Waals surface area contributed by atoms with Gasteiger partial charge in [0.15, 0.2) is 0 Å². The number of rotatable bonds is 5. The van der Waals surface area contributed by atoms with Gasteiger partial charge in [-0.25, -0.2) is 0 Å². The number of hydrogen-bond acceptors (Lipinski definition) is 1. The molecule has 0 atom stereocenters.